The molecule has 5 heteroatoms. The van der Waals surface area contributed by atoms with Gasteiger partial charge in [-0.15, -0.1) is 0 Å². The van der Waals surface area contributed by atoms with Crippen LogP contribution in [-0.2, 0) is 11.2 Å². The van der Waals surface area contributed by atoms with Crippen LogP contribution in [0, 0.1) is 0 Å². The Bertz CT molecular complexity index is 589. The third-order valence-corrected chi connectivity index (χ3v) is 3.50. The fourth-order valence-corrected chi connectivity index (χ4v) is 2.43. The summed E-state index contributed by atoms with van der Waals surface area (Å²) in [5.74, 6) is 0.735. The van der Waals surface area contributed by atoms with Crippen molar-refractivity contribution in [2.24, 2.45) is 0 Å². The number of hydrogen-bond acceptors (Lipinski definition) is 4. The number of rotatable bonds is 4. The molecule has 108 valence electrons. The van der Waals surface area contributed by atoms with Crippen LogP contribution in [0.3, 0.4) is 0 Å². The number of nitrogens with zero attached hydrogens (tertiary/aromatic N) is 3. The third kappa shape index (κ3) is 3.56. The molecule has 1 atom stereocenters. The lowest BCUT2D eigenvalue weighted by atomic mass is 10.2. The SMILES string of the molecule is O=C(Cc1cccnc1)N1CCC(Oc2ccccn2)C1. The highest BCUT2D eigenvalue weighted by Gasteiger charge is 2.27. The van der Waals surface area contributed by atoms with E-state index in [-0.39, 0.29) is 12.0 Å². The van der Waals surface area contributed by atoms with Crippen LogP contribution in [0.2, 0.25) is 0 Å². The van der Waals surface area contributed by atoms with Crippen LogP contribution in [0.15, 0.2) is 48.9 Å². The number of pyridine rings is 2. The van der Waals surface area contributed by atoms with E-state index >= 15 is 0 Å². The molecule has 21 heavy (non-hydrogen) atoms. The first-order valence-corrected chi connectivity index (χ1v) is 7.05. The van der Waals surface area contributed by atoms with E-state index in [4.69, 9.17) is 4.74 Å². The van der Waals surface area contributed by atoms with Gasteiger partial charge in [0.2, 0.25) is 11.8 Å². The molecule has 0 aromatic carbocycles. The van der Waals surface area contributed by atoms with Gasteiger partial charge in [0, 0.05) is 37.6 Å². The minimum Gasteiger partial charge on any atom is -0.472 e. The van der Waals surface area contributed by atoms with Crippen LogP contribution in [0.5, 0.6) is 5.88 Å². The largest absolute Gasteiger partial charge is 0.472 e. The average Bonchev–Trinajstić information content (AvgIpc) is 2.98. The smallest absolute Gasteiger partial charge is 0.227 e. The number of ether oxygens (including phenoxy) is 1. The maximum atomic E-state index is 12.2. The zero-order valence-corrected chi connectivity index (χ0v) is 11.7. The summed E-state index contributed by atoms with van der Waals surface area (Å²) in [6.45, 7) is 1.35. The summed E-state index contributed by atoms with van der Waals surface area (Å²) < 4.78 is 5.79. The van der Waals surface area contributed by atoms with Crippen LogP contribution in [-0.4, -0.2) is 40.0 Å². The first kappa shape index (κ1) is 13.5. The summed E-state index contributed by atoms with van der Waals surface area (Å²) in [4.78, 5) is 22.3. The molecule has 3 rings (SSSR count). The van der Waals surface area contributed by atoms with Gasteiger partial charge in [-0.25, -0.2) is 4.98 Å². The Hall–Kier alpha value is -2.43. The molecule has 2 aromatic heterocycles. The van der Waals surface area contributed by atoms with Crippen molar-refractivity contribution in [1.82, 2.24) is 14.9 Å². The molecule has 5 nitrogen and oxygen atoms in total. The van der Waals surface area contributed by atoms with Crippen molar-refractivity contribution in [3.05, 3.63) is 54.5 Å². The molecule has 0 spiro atoms. The summed E-state index contributed by atoms with van der Waals surface area (Å²) >= 11 is 0. The molecule has 1 amide bonds. The third-order valence-electron chi connectivity index (χ3n) is 3.50. The summed E-state index contributed by atoms with van der Waals surface area (Å²) in [6, 6.07) is 9.34. The Balaban J connectivity index is 1.53. The highest BCUT2D eigenvalue weighted by molar-refractivity contribution is 5.79. The van der Waals surface area contributed by atoms with Crippen molar-refractivity contribution in [1.29, 1.82) is 0 Å². The second-order valence-electron chi connectivity index (χ2n) is 5.07. The molecule has 1 aliphatic rings. The predicted octanol–water partition coefficient (Wildman–Crippen LogP) is 1.70. The van der Waals surface area contributed by atoms with E-state index in [1.807, 2.05) is 35.2 Å². The van der Waals surface area contributed by atoms with Crippen LogP contribution >= 0.6 is 0 Å². The lowest BCUT2D eigenvalue weighted by Crippen LogP contribution is -2.32. The van der Waals surface area contributed by atoms with Crippen molar-refractivity contribution >= 4 is 5.91 Å². The van der Waals surface area contributed by atoms with Gasteiger partial charge in [0.1, 0.15) is 6.10 Å². The fraction of sp³-hybridized carbons (Fsp3) is 0.312. The topological polar surface area (TPSA) is 55.3 Å². The normalized spacial score (nSPS) is 17.7. The number of aromatic nitrogens is 2. The van der Waals surface area contributed by atoms with Gasteiger partial charge >= 0.3 is 0 Å². The number of carbonyl (C=O) groups is 1. The van der Waals surface area contributed by atoms with Crippen LogP contribution in [0.4, 0.5) is 0 Å². The molecule has 1 saturated heterocycles. The van der Waals surface area contributed by atoms with Gasteiger partial charge in [-0.1, -0.05) is 12.1 Å². The lowest BCUT2D eigenvalue weighted by molar-refractivity contribution is -0.129. The minimum atomic E-state index is 0.0257. The quantitative estimate of drug-likeness (QED) is 0.857. The lowest BCUT2D eigenvalue weighted by Gasteiger charge is -2.17. The van der Waals surface area contributed by atoms with Gasteiger partial charge in [0.25, 0.3) is 0 Å². The number of carbonyl (C=O) groups excluding carboxylic acids is 1. The molecule has 3 heterocycles. The van der Waals surface area contributed by atoms with Crippen LogP contribution in [0.1, 0.15) is 12.0 Å². The van der Waals surface area contributed by atoms with Crippen molar-refractivity contribution in [2.45, 2.75) is 18.9 Å². The highest BCUT2D eigenvalue weighted by Crippen LogP contribution is 2.17. The molecule has 0 saturated carbocycles. The molecule has 1 unspecified atom stereocenters. The van der Waals surface area contributed by atoms with Crippen LogP contribution in [0.25, 0.3) is 0 Å². The van der Waals surface area contributed by atoms with E-state index in [1.54, 1.807) is 18.6 Å². The predicted molar refractivity (Wildman–Crippen MR) is 77.8 cm³/mol. The van der Waals surface area contributed by atoms with Crippen LogP contribution < -0.4 is 4.74 Å². The van der Waals surface area contributed by atoms with Crippen molar-refractivity contribution in [3.63, 3.8) is 0 Å². The molecular weight excluding hydrogens is 266 g/mol. The standard InChI is InChI=1S/C16H17N3O2/c20-16(10-13-4-3-7-17-11-13)19-9-6-14(12-19)21-15-5-1-2-8-18-15/h1-5,7-8,11,14H,6,9-10,12H2. The number of hydrogen-bond donors (Lipinski definition) is 0. The van der Waals surface area contributed by atoms with Crippen molar-refractivity contribution < 1.29 is 9.53 Å². The molecule has 0 aliphatic carbocycles. The minimum absolute atomic E-state index is 0.0257. The van der Waals surface area contributed by atoms with E-state index in [1.165, 1.54) is 0 Å². The Kier molecular flexibility index (Phi) is 4.09. The average molecular weight is 283 g/mol. The van der Waals surface area contributed by atoms with Gasteiger partial charge in [0.15, 0.2) is 0 Å². The summed E-state index contributed by atoms with van der Waals surface area (Å²) in [5.41, 5.74) is 0.941. The molecule has 0 N–H and O–H groups in total. The van der Waals surface area contributed by atoms with E-state index in [9.17, 15) is 4.79 Å². The second-order valence-corrected chi connectivity index (χ2v) is 5.07. The van der Waals surface area contributed by atoms with E-state index in [2.05, 4.69) is 9.97 Å². The second kappa shape index (κ2) is 6.35. The fourth-order valence-electron chi connectivity index (χ4n) is 2.43. The van der Waals surface area contributed by atoms with Crippen molar-refractivity contribution in [2.75, 3.05) is 13.1 Å². The zero-order valence-electron chi connectivity index (χ0n) is 11.7. The Morgan fingerprint density at radius 2 is 2.24 bits per heavy atom. The maximum absolute atomic E-state index is 12.2. The summed E-state index contributed by atoms with van der Waals surface area (Å²) in [6.07, 6.45) is 6.41. The van der Waals surface area contributed by atoms with Gasteiger partial charge in [-0.2, -0.15) is 0 Å². The Labute approximate surface area is 123 Å². The molecule has 0 radical (unpaired) electrons. The number of amides is 1. The molecule has 1 aliphatic heterocycles. The Morgan fingerprint density at radius 3 is 3.00 bits per heavy atom. The van der Waals surface area contributed by atoms with E-state index < -0.39 is 0 Å². The number of likely N-dealkylation sites (tertiary alicyclic amines) is 1. The highest BCUT2D eigenvalue weighted by atomic mass is 16.5. The van der Waals surface area contributed by atoms with Gasteiger partial charge in [0.05, 0.1) is 13.0 Å². The van der Waals surface area contributed by atoms with E-state index in [0.717, 1.165) is 18.5 Å². The zero-order chi connectivity index (χ0) is 14.5. The molecule has 1 fully saturated rings. The van der Waals surface area contributed by atoms with Crippen molar-refractivity contribution in [3.8, 4) is 5.88 Å². The summed E-state index contributed by atoms with van der Waals surface area (Å²) in [7, 11) is 0. The first-order valence-electron chi connectivity index (χ1n) is 7.05. The molecule has 2 aromatic rings. The monoisotopic (exact) mass is 283 g/mol. The van der Waals surface area contributed by atoms with Gasteiger partial charge < -0.3 is 9.64 Å². The molecule has 0 bridgehead atoms. The maximum Gasteiger partial charge on any atom is 0.227 e. The molecular formula is C16H17N3O2. The summed E-state index contributed by atoms with van der Waals surface area (Å²) in [5, 5.41) is 0. The Morgan fingerprint density at radius 1 is 1.29 bits per heavy atom. The first-order chi connectivity index (χ1) is 10.3. The van der Waals surface area contributed by atoms with E-state index in [0.29, 0.717) is 18.8 Å². The van der Waals surface area contributed by atoms with Gasteiger partial charge in [-0.3, -0.25) is 9.78 Å². The van der Waals surface area contributed by atoms with Gasteiger partial charge in [-0.05, 0) is 17.7 Å².